The first-order valence-corrected chi connectivity index (χ1v) is 8.62. The molecule has 0 fully saturated rings. The van der Waals surface area contributed by atoms with E-state index in [2.05, 4.69) is 38.3 Å². The Morgan fingerprint density at radius 1 is 1.46 bits per heavy atom. The molecule has 2 aromatic rings. The lowest BCUT2D eigenvalue weighted by Crippen LogP contribution is -2.28. The van der Waals surface area contributed by atoms with E-state index < -0.39 is 0 Å². The standard InChI is InChI=1S/C17H19BrN4O2/c1-4-7-24-14-6-5-12(18)8-13(14)16-15(11(3)23)10(2)21-17-19-9-20-22(16)17/h5-6,8-9,16H,4,7H2,1-3H3,(H,19,20,21). The van der Waals surface area contributed by atoms with Crippen LogP contribution in [0.1, 0.15) is 38.8 Å². The molecule has 126 valence electrons. The predicted octanol–water partition coefficient (Wildman–Crippen LogP) is 3.71. The van der Waals surface area contributed by atoms with Crippen molar-refractivity contribution in [2.75, 3.05) is 11.9 Å². The lowest BCUT2D eigenvalue weighted by molar-refractivity contribution is -0.114. The van der Waals surface area contributed by atoms with Gasteiger partial charge in [0, 0.05) is 21.3 Å². The van der Waals surface area contributed by atoms with Crippen molar-refractivity contribution in [3.05, 3.63) is 45.8 Å². The van der Waals surface area contributed by atoms with Gasteiger partial charge >= 0.3 is 0 Å². The fourth-order valence-electron chi connectivity index (χ4n) is 2.91. The van der Waals surface area contributed by atoms with Crippen LogP contribution in [0.15, 0.2) is 40.3 Å². The van der Waals surface area contributed by atoms with Crippen molar-refractivity contribution in [2.24, 2.45) is 0 Å². The number of anilines is 1. The largest absolute Gasteiger partial charge is 0.493 e. The molecule has 6 nitrogen and oxygen atoms in total. The molecule has 7 heteroatoms. The summed E-state index contributed by atoms with van der Waals surface area (Å²) >= 11 is 3.52. The SMILES string of the molecule is CCCOc1ccc(Br)cc1C1C(C(C)=O)=C(C)Nc2ncnn21. The summed E-state index contributed by atoms with van der Waals surface area (Å²) in [4.78, 5) is 16.6. The molecule has 1 atom stereocenters. The van der Waals surface area contributed by atoms with E-state index in [4.69, 9.17) is 4.74 Å². The van der Waals surface area contributed by atoms with Crippen LogP contribution in [-0.2, 0) is 4.79 Å². The number of ketones is 1. The zero-order valence-corrected chi connectivity index (χ0v) is 15.4. The number of rotatable bonds is 5. The van der Waals surface area contributed by atoms with E-state index in [0.29, 0.717) is 18.1 Å². The molecular weight excluding hydrogens is 372 g/mol. The Hall–Kier alpha value is -2.15. The third kappa shape index (κ3) is 2.96. The molecule has 0 bridgehead atoms. The highest BCUT2D eigenvalue weighted by Gasteiger charge is 2.33. The van der Waals surface area contributed by atoms with Crippen molar-refractivity contribution in [3.63, 3.8) is 0 Å². The van der Waals surface area contributed by atoms with Crippen molar-refractivity contribution >= 4 is 27.7 Å². The number of halogens is 1. The lowest BCUT2D eigenvalue weighted by Gasteiger charge is -2.29. The minimum atomic E-state index is -0.370. The van der Waals surface area contributed by atoms with Crippen LogP contribution in [0, 0.1) is 0 Å². The maximum absolute atomic E-state index is 12.3. The fourth-order valence-corrected chi connectivity index (χ4v) is 3.29. The summed E-state index contributed by atoms with van der Waals surface area (Å²) in [6.45, 7) is 6.12. The van der Waals surface area contributed by atoms with Crippen molar-refractivity contribution in [1.29, 1.82) is 0 Å². The summed E-state index contributed by atoms with van der Waals surface area (Å²) in [6.07, 6.45) is 2.39. The van der Waals surface area contributed by atoms with Gasteiger partial charge in [0.2, 0.25) is 5.95 Å². The molecule has 0 spiro atoms. The summed E-state index contributed by atoms with van der Waals surface area (Å²) < 4.78 is 8.56. The Morgan fingerprint density at radius 3 is 2.96 bits per heavy atom. The van der Waals surface area contributed by atoms with Crippen LogP contribution in [0.3, 0.4) is 0 Å². The molecule has 0 radical (unpaired) electrons. The second-order valence-corrected chi connectivity index (χ2v) is 6.60. The van der Waals surface area contributed by atoms with E-state index in [1.165, 1.54) is 6.33 Å². The highest BCUT2D eigenvalue weighted by atomic mass is 79.9. The van der Waals surface area contributed by atoms with Gasteiger partial charge in [-0.25, -0.2) is 4.68 Å². The number of benzene rings is 1. The minimum Gasteiger partial charge on any atom is -0.493 e. The maximum Gasteiger partial charge on any atom is 0.226 e. The quantitative estimate of drug-likeness (QED) is 0.842. The predicted molar refractivity (Wildman–Crippen MR) is 95.1 cm³/mol. The zero-order chi connectivity index (χ0) is 17.3. The highest BCUT2D eigenvalue weighted by Crippen LogP contribution is 2.40. The van der Waals surface area contributed by atoms with Gasteiger partial charge in [-0.1, -0.05) is 22.9 Å². The topological polar surface area (TPSA) is 69.0 Å². The minimum absolute atomic E-state index is 0.00688. The molecule has 0 amide bonds. The van der Waals surface area contributed by atoms with Crippen LogP contribution in [0.2, 0.25) is 0 Å². The molecule has 3 rings (SSSR count). The number of hydrogen-bond donors (Lipinski definition) is 1. The Morgan fingerprint density at radius 2 is 2.25 bits per heavy atom. The number of fused-ring (bicyclic) bond motifs is 1. The third-order valence-corrected chi connectivity index (χ3v) is 4.40. The average Bonchev–Trinajstić information content (AvgIpc) is 2.99. The smallest absolute Gasteiger partial charge is 0.226 e. The fraction of sp³-hybridized carbons (Fsp3) is 0.353. The van der Waals surface area contributed by atoms with Gasteiger partial charge in [-0.15, -0.1) is 0 Å². The molecular formula is C17H19BrN4O2. The molecule has 1 aromatic heterocycles. The van der Waals surface area contributed by atoms with Crippen LogP contribution in [-0.4, -0.2) is 27.2 Å². The van der Waals surface area contributed by atoms with Crippen LogP contribution >= 0.6 is 15.9 Å². The Bertz CT molecular complexity index is 813. The number of hydrogen-bond acceptors (Lipinski definition) is 5. The number of nitrogens with one attached hydrogen (secondary N) is 1. The number of nitrogens with zero attached hydrogens (tertiary/aromatic N) is 3. The molecule has 1 unspecified atom stereocenters. The van der Waals surface area contributed by atoms with Crippen LogP contribution in [0.25, 0.3) is 0 Å². The molecule has 1 aliphatic heterocycles. The number of allylic oxidation sites excluding steroid dienone is 2. The zero-order valence-electron chi connectivity index (χ0n) is 13.8. The summed E-state index contributed by atoms with van der Waals surface area (Å²) in [6, 6.07) is 5.45. The summed E-state index contributed by atoms with van der Waals surface area (Å²) in [5.41, 5.74) is 2.33. The number of Topliss-reactive ketones (excluding diaryl/α,β-unsaturated/α-hetero) is 1. The second kappa shape index (κ2) is 6.76. The molecule has 24 heavy (non-hydrogen) atoms. The van der Waals surface area contributed by atoms with Gasteiger partial charge in [0.05, 0.1) is 6.61 Å². The van der Waals surface area contributed by atoms with Gasteiger partial charge in [0.25, 0.3) is 0 Å². The van der Waals surface area contributed by atoms with E-state index in [1.807, 2.05) is 25.1 Å². The molecule has 1 aliphatic rings. The Balaban J connectivity index is 2.19. The number of aromatic nitrogens is 3. The van der Waals surface area contributed by atoms with Crippen molar-refractivity contribution in [1.82, 2.24) is 14.8 Å². The van der Waals surface area contributed by atoms with Crippen molar-refractivity contribution < 1.29 is 9.53 Å². The molecule has 0 saturated carbocycles. The first-order chi connectivity index (χ1) is 11.5. The van der Waals surface area contributed by atoms with Gasteiger partial charge in [0.1, 0.15) is 18.1 Å². The van der Waals surface area contributed by atoms with Gasteiger partial charge in [-0.3, -0.25) is 4.79 Å². The van der Waals surface area contributed by atoms with Gasteiger partial charge in [0.15, 0.2) is 5.78 Å². The summed E-state index contributed by atoms with van der Waals surface area (Å²) in [7, 11) is 0. The normalized spacial score (nSPS) is 16.6. The number of ether oxygens (including phenoxy) is 1. The Labute approximate surface area is 149 Å². The van der Waals surface area contributed by atoms with Gasteiger partial charge in [-0.2, -0.15) is 10.1 Å². The first-order valence-electron chi connectivity index (χ1n) is 7.83. The van der Waals surface area contributed by atoms with E-state index in [9.17, 15) is 4.79 Å². The summed E-state index contributed by atoms with van der Waals surface area (Å²) in [5, 5.41) is 7.46. The number of carbonyl (C=O) groups is 1. The average molecular weight is 391 g/mol. The second-order valence-electron chi connectivity index (χ2n) is 5.68. The van der Waals surface area contributed by atoms with Gasteiger partial charge < -0.3 is 10.1 Å². The lowest BCUT2D eigenvalue weighted by atomic mass is 9.92. The van der Waals surface area contributed by atoms with Crippen molar-refractivity contribution in [2.45, 2.75) is 33.2 Å². The number of carbonyl (C=O) groups excluding carboxylic acids is 1. The van der Waals surface area contributed by atoms with Crippen molar-refractivity contribution in [3.8, 4) is 5.75 Å². The summed E-state index contributed by atoms with van der Waals surface area (Å²) in [5.74, 6) is 1.36. The maximum atomic E-state index is 12.3. The molecule has 0 saturated heterocycles. The third-order valence-electron chi connectivity index (χ3n) is 3.90. The van der Waals surface area contributed by atoms with E-state index in [0.717, 1.165) is 27.9 Å². The molecule has 1 aromatic carbocycles. The monoisotopic (exact) mass is 390 g/mol. The van der Waals surface area contributed by atoms with Crippen LogP contribution in [0.4, 0.5) is 5.95 Å². The van der Waals surface area contributed by atoms with E-state index in [1.54, 1.807) is 11.6 Å². The first kappa shape index (κ1) is 16.7. The molecule has 0 aliphatic carbocycles. The van der Waals surface area contributed by atoms with Crippen LogP contribution < -0.4 is 10.1 Å². The van der Waals surface area contributed by atoms with Gasteiger partial charge in [-0.05, 0) is 38.5 Å². The molecule has 1 N–H and O–H groups in total. The van der Waals surface area contributed by atoms with E-state index >= 15 is 0 Å². The highest BCUT2D eigenvalue weighted by molar-refractivity contribution is 9.10. The molecule has 2 heterocycles. The van der Waals surface area contributed by atoms with Crippen LogP contribution in [0.5, 0.6) is 5.75 Å². The Kier molecular flexibility index (Phi) is 4.71. The van der Waals surface area contributed by atoms with E-state index in [-0.39, 0.29) is 11.8 Å².